The van der Waals surface area contributed by atoms with Crippen LogP contribution in [0.15, 0.2) is 17.5 Å². The van der Waals surface area contributed by atoms with Crippen LogP contribution < -0.4 is 5.32 Å². The Balaban J connectivity index is 1.51. The molecule has 140 valence electrons. The fraction of sp³-hybridized carbons (Fsp3) is 0.632. The molecule has 4 rings (SSSR count). The minimum Gasteiger partial charge on any atom is -0.325 e. The Morgan fingerprint density at radius 2 is 2.08 bits per heavy atom. The van der Waals surface area contributed by atoms with Crippen LogP contribution in [0.25, 0.3) is 0 Å². The molecule has 3 amide bonds. The van der Waals surface area contributed by atoms with Crippen molar-refractivity contribution >= 4 is 29.1 Å². The van der Waals surface area contributed by atoms with Gasteiger partial charge in [0.2, 0.25) is 11.8 Å². The monoisotopic (exact) mass is 375 g/mol. The number of hydrogen-bond acceptors (Lipinski definition) is 5. The van der Waals surface area contributed by atoms with E-state index in [4.69, 9.17) is 0 Å². The number of nitrogens with zero attached hydrogens (tertiary/aromatic N) is 2. The highest BCUT2D eigenvalue weighted by atomic mass is 32.1. The lowest BCUT2D eigenvalue weighted by Gasteiger charge is -2.32. The summed E-state index contributed by atoms with van der Waals surface area (Å²) in [7, 11) is 0. The van der Waals surface area contributed by atoms with Crippen molar-refractivity contribution < 1.29 is 14.4 Å². The molecule has 1 N–H and O–H groups in total. The molecule has 2 atom stereocenters. The molecule has 2 aliphatic heterocycles. The van der Waals surface area contributed by atoms with Crippen molar-refractivity contribution in [2.45, 2.75) is 57.2 Å². The number of nitrogens with one attached hydrogen (secondary N) is 1. The summed E-state index contributed by atoms with van der Waals surface area (Å²) in [5.41, 5.74) is 0. The third-order valence-corrected chi connectivity index (χ3v) is 6.41. The number of thiophene rings is 1. The zero-order valence-corrected chi connectivity index (χ0v) is 15.7. The average molecular weight is 375 g/mol. The number of piperidine rings is 1. The Morgan fingerprint density at radius 3 is 2.73 bits per heavy atom. The maximum Gasteiger partial charge on any atom is 0.252 e. The van der Waals surface area contributed by atoms with E-state index in [-0.39, 0.29) is 29.7 Å². The highest BCUT2D eigenvalue weighted by Crippen LogP contribution is 2.33. The fourth-order valence-electron chi connectivity index (χ4n) is 3.98. The maximum absolute atomic E-state index is 13.3. The van der Waals surface area contributed by atoms with Gasteiger partial charge in [0, 0.05) is 23.9 Å². The van der Waals surface area contributed by atoms with E-state index in [0.29, 0.717) is 25.9 Å². The Bertz CT molecular complexity index is 680. The van der Waals surface area contributed by atoms with Gasteiger partial charge in [0.15, 0.2) is 0 Å². The molecule has 3 heterocycles. The summed E-state index contributed by atoms with van der Waals surface area (Å²) >= 11 is 1.59. The third-order valence-electron chi connectivity index (χ3n) is 5.55. The van der Waals surface area contributed by atoms with E-state index in [9.17, 15) is 14.4 Å². The molecule has 26 heavy (non-hydrogen) atoms. The summed E-state index contributed by atoms with van der Waals surface area (Å²) in [5, 5.41) is 5.24. The first kappa shape index (κ1) is 17.7. The van der Waals surface area contributed by atoms with E-state index >= 15 is 0 Å². The van der Waals surface area contributed by atoms with Crippen LogP contribution in [0, 0.1) is 5.92 Å². The van der Waals surface area contributed by atoms with Gasteiger partial charge in [-0.3, -0.25) is 19.3 Å². The minimum absolute atomic E-state index is 0.0132. The van der Waals surface area contributed by atoms with Crippen LogP contribution in [-0.4, -0.2) is 52.7 Å². The van der Waals surface area contributed by atoms with E-state index in [1.54, 1.807) is 16.2 Å². The van der Waals surface area contributed by atoms with Crippen LogP contribution in [-0.2, 0) is 20.9 Å². The van der Waals surface area contributed by atoms with Crippen molar-refractivity contribution in [3.63, 3.8) is 0 Å². The molecule has 0 radical (unpaired) electrons. The first-order valence-corrected chi connectivity index (χ1v) is 10.4. The van der Waals surface area contributed by atoms with E-state index in [1.165, 1.54) is 4.90 Å². The topological polar surface area (TPSA) is 69.7 Å². The minimum atomic E-state index is -0.495. The third kappa shape index (κ3) is 3.55. The maximum atomic E-state index is 13.3. The molecule has 1 aliphatic carbocycles. The Hall–Kier alpha value is -1.73. The van der Waals surface area contributed by atoms with Crippen molar-refractivity contribution in [1.29, 1.82) is 0 Å². The zero-order valence-electron chi connectivity index (χ0n) is 14.9. The van der Waals surface area contributed by atoms with Crippen molar-refractivity contribution in [1.82, 2.24) is 15.1 Å². The summed E-state index contributed by atoms with van der Waals surface area (Å²) in [5.74, 6) is -0.305. The van der Waals surface area contributed by atoms with Gasteiger partial charge >= 0.3 is 0 Å². The Morgan fingerprint density at radius 1 is 1.23 bits per heavy atom. The van der Waals surface area contributed by atoms with Crippen LogP contribution in [0.5, 0.6) is 0 Å². The van der Waals surface area contributed by atoms with Crippen molar-refractivity contribution in [3.8, 4) is 0 Å². The van der Waals surface area contributed by atoms with Crippen LogP contribution in [0.2, 0.25) is 0 Å². The molecular formula is C19H25N3O3S. The molecule has 1 aromatic heterocycles. The summed E-state index contributed by atoms with van der Waals surface area (Å²) in [6, 6.07) is 3.48. The smallest absolute Gasteiger partial charge is 0.252 e. The quantitative estimate of drug-likeness (QED) is 0.796. The van der Waals surface area contributed by atoms with Gasteiger partial charge in [-0.1, -0.05) is 6.07 Å². The lowest BCUT2D eigenvalue weighted by Crippen LogP contribution is -2.53. The van der Waals surface area contributed by atoms with Crippen molar-refractivity contribution in [2.24, 2.45) is 5.92 Å². The van der Waals surface area contributed by atoms with Gasteiger partial charge < -0.3 is 10.2 Å². The molecule has 3 aliphatic rings. The number of carbonyl (C=O) groups is 3. The Kier molecular flexibility index (Phi) is 5.09. The molecule has 0 bridgehead atoms. The van der Waals surface area contributed by atoms with Crippen molar-refractivity contribution in [2.75, 3.05) is 13.1 Å². The molecule has 1 aromatic rings. The zero-order chi connectivity index (χ0) is 18.1. The van der Waals surface area contributed by atoms with Crippen LogP contribution in [0.4, 0.5) is 0 Å². The molecule has 2 saturated heterocycles. The molecule has 1 saturated carbocycles. The van der Waals surface area contributed by atoms with Crippen LogP contribution >= 0.6 is 11.3 Å². The SMILES string of the molecule is O=C1CCC(C(=O)N(C(=O)C2CCCNC2)C2CC2)N1Cc1cccs1. The van der Waals surface area contributed by atoms with E-state index in [1.807, 2.05) is 17.5 Å². The summed E-state index contributed by atoms with van der Waals surface area (Å²) < 4.78 is 0. The van der Waals surface area contributed by atoms with Gasteiger partial charge in [0.05, 0.1) is 12.5 Å². The number of hydrogen-bond donors (Lipinski definition) is 1. The van der Waals surface area contributed by atoms with Crippen molar-refractivity contribution in [3.05, 3.63) is 22.4 Å². The fourth-order valence-corrected chi connectivity index (χ4v) is 4.68. The molecule has 2 unspecified atom stereocenters. The second kappa shape index (κ2) is 7.48. The van der Waals surface area contributed by atoms with Gasteiger partial charge in [0.25, 0.3) is 5.91 Å². The molecule has 0 spiro atoms. The van der Waals surface area contributed by atoms with Gasteiger partial charge in [-0.15, -0.1) is 11.3 Å². The number of carbonyl (C=O) groups excluding carboxylic acids is 3. The van der Waals surface area contributed by atoms with Gasteiger partial charge in [-0.05, 0) is 50.1 Å². The van der Waals surface area contributed by atoms with E-state index < -0.39 is 6.04 Å². The summed E-state index contributed by atoms with van der Waals surface area (Å²) in [6.45, 7) is 2.05. The Labute approximate surface area is 157 Å². The first-order chi connectivity index (χ1) is 12.6. The first-order valence-electron chi connectivity index (χ1n) is 9.54. The number of imide groups is 1. The lowest BCUT2D eigenvalue weighted by atomic mass is 9.97. The number of likely N-dealkylation sites (tertiary alicyclic amines) is 1. The predicted octanol–water partition coefficient (Wildman–Crippen LogP) is 1.76. The molecule has 0 aromatic carbocycles. The van der Waals surface area contributed by atoms with Gasteiger partial charge in [-0.2, -0.15) is 0 Å². The van der Waals surface area contributed by atoms with E-state index in [0.717, 1.165) is 37.1 Å². The molecular weight excluding hydrogens is 350 g/mol. The van der Waals surface area contributed by atoms with Crippen LogP contribution in [0.3, 0.4) is 0 Å². The highest BCUT2D eigenvalue weighted by Gasteiger charge is 2.46. The van der Waals surface area contributed by atoms with Gasteiger partial charge in [-0.25, -0.2) is 0 Å². The van der Waals surface area contributed by atoms with Gasteiger partial charge in [0.1, 0.15) is 6.04 Å². The number of amides is 3. The lowest BCUT2D eigenvalue weighted by molar-refractivity contribution is -0.153. The summed E-state index contributed by atoms with van der Waals surface area (Å²) in [4.78, 5) is 43.0. The summed E-state index contributed by atoms with van der Waals surface area (Å²) in [6.07, 6.45) is 4.49. The van der Waals surface area contributed by atoms with E-state index in [2.05, 4.69) is 5.32 Å². The molecule has 6 nitrogen and oxygen atoms in total. The highest BCUT2D eigenvalue weighted by molar-refractivity contribution is 7.09. The standard InChI is InChI=1S/C19H25N3O3S/c23-17-8-7-16(21(17)12-15-4-2-10-26-15)19(25)22(14-5-6-14)18(24)13-3-1-9-20-11-13/h2,4,10,13-14,16,20H,1,3,5-9,11-12H2. The molecule has 3 fully saturated rings. The molecule has 7 heteroatoms. The largest absolute Gasteiger partial charge is 0.325 e. The normalized spacial score (nSPS) is 26.2. The predicted molar refractivity (Wildman–Crippen MR) is 98.4 cm³/mol. The van der Waals surface area contributed by atoms with Crippen LogP contribution in [0.1, 0.15) is 43.4 Å². The second-order valence-corrected chi connectivity index (χ2v) is 8.51. The average Bonchev–Trinajstić information content (AvgIpc) is 3.22. The number of rotatable bonds is 5. The second-order valence-electron chi connectivity index (χ2n) is 7.48.